The highest BCUT2D eigenvalue weighted by Crippen LogP contribution is 2.73. The van der Waals surface area contributed by atoms with E-state index in [9.17, 15) is 9.90 Å². The Labute approximate surface area is 199 Å². The lowest BCUT2D eigenvalue weighted by Crippen LogP contribution is -2.57. The van der Waals surface area contributed by atoms with Crippen LogP contribution in [0, 0.1) is 28.6 Å². The lowest BCUT2D eigenvalue weighted by molar-refractivity contribution is -0.0886. The molecule has 2 saturated carbocycles. The molecule has 1 heterocycles. The van der Waals surface area contributed by atoms with E-state index < -0.39 is 21.0 Å². The maximum atomic E-state index is 12.4. The van der Waals surface area contributed by atoms with Gasteiger partial charge in [0.05, 0.1) is 18.0 Å². The molecule has 5 rings (SSSR count). The topological polar surface area (TPSA) is 59.7 Å². The first-order valence-electron chi connectivity index (χ1n) is 11.6. The zero-order valence-corrected chi connectivity index (χ0v) is 20.6. The van der Waals surface area contributed by atoms with E-state index in [0.29, 0.717) is 11.8 Å². The summed E-state index contributed by atoms with van der Waals surface area (Å²) >= 11 is 13.9. The minimum atomic E-state index is -1.17. The molecule has 0 amide bonds. The first-order chi connectivity index (χ1) is 15.0. The van der Waals surface area contributed by atoms with Crippen molar-refractivity contribution >= 4 is 23.2 Å². The minimum Gasteiger partial charge on any atom is -0.431 e. The van der Waals surface area contributed by atoms with Crippen molar-refractivity contribution in [2.75, 3.05) is 7.11 Å². The molecule has 8 unspecified atom stereocenters. The van der Waals surface area contributed by atoms with E-state index in [1.807, 2.05) is 0 Å². The highest BCUT2D eigenvalue weighted by Gasteiger charge is 2.71. The Bertz CT molecular complexity index is 1020. The molecule has 0 aromatic carbocycles. The fraction of sp³-hybridized carbons (Fsp3) is 0.654. The van der Waals surface area contributed by atoms with Crippen molar-refractivity contribution in [3.63, 3.8) is 0 Å². The summed E-state index contributed by atoms with van der Waals surface area (Å²) in [6.07, 6.45) is 11.3. The van der Waals surface area contributed by atoms with Gasteiger partial charge in [0.15, 0.2) is 0 Å². The summed E-state index contributed by atoms with van der Waals surface area (Å²) in [5.74, 6) is 0.738. The standard InChI is InChI=1S/C26H32Cl2O4/c1-15-17-6-7-19-18(23(17,2)11-10-20(15)31-4)9-12-24(3)22(16-5-8-21(29)32-13-16)26(27,28)14-25(19,24)30/h5,7-8,10-11,13,15,17-18,20,22,30H,6,9,12,14H2,1-4H3. The second-order valence-electron chi connectivity index (χ2n) is 10.9. The number of aliphatic hydroxyl groups is 1. The molecule has 1 N–H and O–H groups in total. The van der Waals surface area contributed by atoms with E-state index in [1.54, 1.807) is 13.2 Å². The van der Waals surface area contributed by atoms with Gasteiger partial charge in [-0.15, -0.1) is 23.2 Å². The minimum absolute atomic E-state index is 0.0471. The summed E-state index contributed by atoms with van der Waals surface area (Å²) in [6.45, 7) is 6.71. The third-order valence-electron chi connectivity index (χ3n) is 9.57. The van der Waals surface area contributed by atoms with Crippen LogP contribution in [0.4, 0.5) is 0 Å². The van der Waals surface area contributed by atoms with Crippen molar-refractivity contribution in [2.24, 2.45) is 28.6 Å². The van der Waals surface area contributed by atoms with Crippen LogP contribution in [0.15, 0.2) is 51.4 Å². The molecular weight excluding hydrogens is 447 g/mol. The molecule has 174 valence electrons. The molecule has 1 aromatic heterocycles. The molecule has 0 aliphatic heterocycles. The van der Waals surface area contributed by atoms with Crippen LogP contribution in [-0.4, -0.2) is 28.3 Å². The zero-order chi connectivity index (χ0) is 23.1. The molecule has 1 aromatic rings. The largest absolute Gasteiger partial charge is 0.431 e. The Balaban J connectivity index is 1.59. The predicted octanol–water partition coefficient (Wildman–Crippen LogP) is 5.62. The van der Waals surface area contributed by atoms with Gasteiger partial charge in [-0.2, -0.15) is 0 Å². The van der Waals surface area contributed by atoms with Crippen LogP contribution in [0.2, 0.25) is 0 Å². The highest BCUT2D eigenvalue weighted by molar-refractivity contribution is 6.49. The second-order valence-corrected chi connectivity index (χ2v) is 12.5. The third kappa shape index (κ3) is 2.85. The van der Waals surface area contributed by atoms with E-state index in [2.05, 4.69) is 39.0 Å². The number of halogens is 2. The van der Waals surface area contributed by atoms with Crippen molar-refractivity contribution in [2.45, 2.75) is 68.4 Å². The Hall–Kier alpha value is -1.07. The van der Waals surface area contributed by atoms with E-state index in [0.717, 1.165) is 30.4 Å². The zero-order valence-electron chi connectivity index (χ0n) is 19.1. The number of fused-ring (bicyclic) bond motifs is 5. The number of hydrogen-bond donors (Lipinski definition) is 1. The number of allylic oxidation sites excluding steroid dienone is 2. The van der Waals surface area contributed by atoms with Crippen LogP contribution in [0.5, 0.6) is 0 Å². The van der Waals surface area contributed by atoms with E-state index >= 15 is 0 Å². The van der Waals surface area contributed by atoms with Gasteiger partial charge in [0, 0.05) is 30.9 Å². The van der Waals surface area contributed by atoms with Gasteiger partial charge >= 0.3 is 5.63 Å². The van der Waals surface area contributed by atoms with Gasteiger partial charge < -0.3 is 14.3 Å². The van der Waals surface area contributed by atoms with Crippen LogP contribution >= 0.6 is 23.2 Å². The summed E-state index contributed by atoms with van der Waals surface area (Å²) in [7, 11) is 1.78. The smallest absolute Gasteiger partial charge is 0.335 e. The monoisotopic (exact) mass is 478 g/mol. The first kappa shape index (κ1) is 22.7. The van der Waals surface area contributed by atoms with E-state index in [-0.39, 0.29) is 29.8 Å². The quantitative estimate of drug-likeness (QED) is 0.442. The van der Waals surface area contributed by atoms with E-state index in [4.69, 9.17) is 32.4 Å². The van der Waals surface area contributed by atoms with Gasteiger partial charge in [0.2, 0.25) is 0 Å². The lowest BCUT2D eigenvalue weighted by Gasteiger charge is -2.59. The third-order valence-corrected chi connectivity index (χ3v) is 10.3. The van der Waals surface area contributed by atoms with Gasteiger partial charge in [0.25, 0.3) is 0 Å². The van der Waals surface area contributed by atoms with Crippen molar-refractivity contribution in [1.82, 2.24) is 0 Å². The van der Waals surface area contributed by atoms with E-state index in [1.165, 1.54) is 12.3 Å². The number of ether oxygens (including phenoxy) is 1. The number of alkyl halides is 2. The molecule has 0 radical (unpaired) electrons. The summed E-state index contributed by atoms with van der Waals surface area (Å²) in [6, 6.07) is 3.14. The first-order valence-corrected chi connectivity index (χ1v) is 12.4. The Morgan fingerprint density at radius 3 is 2.66 bits per heavy atom. The van der Waals surface area contributed by atoms with Crippen LogP contribution in [0.3, 0.4) is 0 Å². The fourth-order valence-corrected chi connectivity index (χ4v) is 9.03. The van der Waals surface area contributed by atoms with Crippen molar-refractivity contribution in [3.8, 4) is 0 Å². The van der Waals surface area contributed by atoms with Crippen LogP contribution in [0.1, 0.15) is 57.9 Å². The maximum Gasteiger partial charge on any atom is 0.335 e. The Morgan fingerprint density at radius 2 is 2.00 bits per heavy atom. The van der Waals surface area contributed by atoms with Gasteiger partial charge in [-0.3, -0.25) is 0 Å². The Morgan fingerprint density at radius 1 is 1.25 bits per heavy atom. The maximum absolute atomic E-state index is 12.4. The molecule has 0 bridgehead atoms. The summed E-state index contributed by atoms with van der Waals surface area (Å²) in [4.78, 5) is 11.5. The normalized spacial score (nSPS) is 46.7. The predicted molar refractivity (Wildman–Crippen MR) is 126 cm³/mol. The van der Waals surface area contributed by atoms with Crippen molar-refractivity contribution in [3.05, 3.63) is 58.2 Å². The number of hydrogen-bond acceptors (Lipinski definition) is 4. The van der Waals surface area contributed by atoms with Gasteiger partial charge in [-0.25, -0.2) is 4.79 Å². The number of rotatable bonds is 2. The molecule has 8 atom stereocenters. The molecule has 4 aliphatic carbocycles. The molecule has 4 aliphatic rings. The highest BCUT2D eigenvalue weighted by atomic mass is 35.5. The molecule has 32 heavy (non-hydrogen) atoms. The molecule has 0 saturated heterocycles. The summed E-state index contributed by atoms with van der Waals surface area (Å²) in [5, 5.41) is 12.4. The molecular formula is C26H32Cl2O4. The number of methoxy groups -OCH3 is 1. The van der Waals surface area contributed by atoms with Gasteiger partial charge in [-0.1, -0.05) is 39.0 Å². The van der Waals surface area contributed by atoms with Crippen molar-refractivity contribution in [1.29, 1.82) is 0 Å². The van der Waals surface area contributed by atoms with Crippen LogP contribution < -0.4 is 5.63 Å². The molecule has 6 heteroatoms. The lowest BCUT2D eigenvalue weighted by atomic mass is 9.46. The van der Waals surface area contributed by atoms with Crippen LogP contribution in [0.25, 0.3) is 0 Å². The van der Waals surface area contributed by atoms with Crippen molar-refractivity contribution < 1.29 is 14.3 Å². The average Bonchev–Trinajstić information content (AvgIpc) is 2.90. The Kier molecular flexibility index (Phi) is 5.12. The molecule has 0 spiro atoms. The average molecular weight is 479 g/mol. The van der Waals surface area contributed by atoms with Crippen LogP contribution in [-0.2, 0) is 4.74 Å². The summed E-state index contributed by atoms with van der Waals surface area (Å²) in [5.41, 5.74) is -0.296. The summed E-state index contributed by atoms with van der Waals surface area (Å²) < 4.78 is 9.70. The second kappa shape index (κ2) is 7.21. The fourth-order valence-electron chi connectivity index (χ4n) is 7.91. The SMILES string of the molecule is COC1C=CC2(C)C3CCC4(C)C(c5ccc(=O)oc5)C(Cl)(Cl)CC4(O)C3=CCC2C1C. The van der Waals surface area contributed by atoms with Gasteiger partial charge in [0.1, 0.15) is 4.33 Å². The molecule has 2 fully saturated rings. The van der Waals surface area contributed by atoms with Gasteiger partial charge in [-0.05, 0) is 59.6 Å². The molecule has 4 nitrogen and oxygen atoms in total.